The highest BCUT2D eigenvalue weighted by Gasteiger charge is 2.43. The minimum atomic E-state index is -0.0233. The molecule has 7 heteroatoms. The third-order valence-corrected chi connectivity index (χ3v) is 5.58. The molecule has 6 nitrogen and oxygen atoms in total. The van der Waals surface area contributed by atoms with Gasteiger partial charge in [-0.25, -0.2) is 4.98 Å². The molecule has 1 fully saturated rings. The Bertz CT molecular complexity index is 797. The van der Waals surface area contributed by atoms with Gasteiger partial charge >= 0.3 is 0 Å². The third-order valence-electron chi connectivity index (χ3n) is 5.58. The Morgan fingerprint density at radius 1 is 1.33 bits per heavy atom. The lowest BCUT2D eigenvalue weighted by molar-refractivity contribution is 0.0396. The molecule has 1 aliphatic heterocycles. The van der Waals surface area contributed by atoms with Crippen LogP contribution >= 0.6 is 24.0 Å². The summed E-state index contributed by atoms with van der Waals surface area (Å²) in [5.41, 5.74) is 1.19. The average Bonchev–Trinajstić information content (AvgIpc) is 3.27. The number of hydrogen-bond donors (Lipinski definition) is 2. The van der Waals surface area contributed by atoms with Crippen LogP contribution in [0.5, 0.6) is 5.75 Å². The van der Waals surface area contributed by atoms with Gasteiger partial charge in [0.05, 0.1) is 12.6 Å². The van der Waals surface area contributed by atoms with Crippen molar-refractivity contribution in [2.24, 2.45) is 12.0 Å². The first-order valence-electron chi connectivity index (χ1n) is 9.40. The second-order valence-corrected chi connectivity index (χ2v) is 7.31. The van der Waals surface area contributed by atoms with E-state index in [9.17, 15) is 0 Å². The van der Waals surface area contributed by atoms with Crippen molar-refractivity contribution in [3.63, 3.8) is 0 Å². The van der Waals surface area contributed by atoms with Crippen molar-refractivity contribution in [3.8, 4) is 5.75 Å². The number of nitrogens with zero attached hydrogens (tertiary/aromatic N) is 3. The highest BCUT2D eigenvalue weighted by atomic mass is 127. The monoisotopic (exact) mass is 481 g/mol. The van der Waals surface area contributed by atoms with Crippen LogP contribution in [0.15, 0.2) is 41.7 Å². The summed E-state index contributed by atoms with van der Waals surface area (Å²) in [5, 5.41) is 7.00. The third kappa shape index (κ3) is 4.23. The van der Waals surface area contributed by atoms with Crippen LogP contribution in [0.2, 0.25) is 0 Å². The highest BCUT2D eigenvalue weighted by molar-refractivity contribution is 14.0. The molecule has 0 saturated heterocycles. The van der Waals surface area contributed by atoms with E-state index in [-0.39, 0.29) is 35.6 Å². The smallest absolute Gasteiger partial charge is 0.191 e. The molecular weight excluding hydrogens is 453 g/mol. The second kappa shape index (κ2) is 8.50. The van der Waals surface area contributed by atoms with Crippen molar-refractivity contribution in [2.75, 3.05) is 7.05 Å². The van der Waals surface area contributed by atoms with Gasteiger partial charge < -0.3 is 19.9 Å². The Balaban J connectivity index is 0.00000210. The lowest BCUT2D eigenvalue weighted by atomic mass is 9.86. The molecule has 1 aliphatic carbocycles. The van der Waals surface area contributed by atoms with Gasteiger partial charge in [0.25, 0.3) is 0 Å². The summed E-state index contributed by atoms with van der Waals surface area (Å²) >= 11 is 0. The molecule has 27 heavy (non-hydrogen) atoms. The summed E-state index contributed by atoms with van der Waals surface area (Å²) in [6, 6.07) is 8.57. The second-order valence-electron chi connectivity index (χ2n) is 7.31. The largest absolute Gasteiger partial charge is 0.487 e. The van der Waals surface area contributed by atoms with Crippen molar-refractivity contribution in [2.45, 2.75) is 50.3 Å². The van der Waals surface area contributed by atoms with E-state index in [1.165, 1.54) is 18.4 Å². The van der Waals surface area contributed by atoms with E-state index in [2.05, 4.69) is 44.9 Å². The number of aryl methyl sites for hydroxylation is 1. The van der Waals surface area contributed by atoms with Crippen LogP contribution in [0.1, 0.15) is 49.5 Å². The molecule has 1 aromatic carbocycles. The molecule has 1 saturated carbocycles. The number of halogens is 1. The summed E-state index contributed by atoms with van der Waals surface area (Å²) < 4.78 is 8.46. The van der Waals surface area contributed by atoms with E-state index in [4.69, 9.17) is 4.74 Å². The quantitative estimate of drug-likeness (QED) is 0.400. The Morgan fingerprint density at radius 3 is 2.81 bits per heavy atom. The molecule has 0 amide bonds. The number of imidazole rings is 1. The predicted octanol–water partition coefficient (Wildman–Crippen LogP) is 3.54. The first-order chi connectivity index (χ1) is 12.7. The fraction of sp³-hybridized carbons (Fsp3) is 0.500. The lowest BCUT2D eigenvalue weighted by Crippen LogP contribution is -2.46. The Hall–Kier alpha value is -1.77. The number of fused-ring (bicyclic) bond motifs is 1. The standard InChI is InChI=1S/C20H27N5O.HI/c1-21-19(23-14-18-22-11-12-25(18)2)24-16-13-20(9-5-6-10-20)26-17-8-4-3-7-15(16)17;/h3-4,7-8,11-12,16H,5-6,9-10,13-14H2,1-2H3,(H2,21,23,24);1H. The normalized spacial score (nSPS) is 20.5. The van der Waals surface area contributed by atoms with Crippen LogP contribution < -0.4 is 15.4 Å². The van der Waals surface area contributed by atoms with Gasteiger partial charge in [0.1, 0.15) is 17.2 Å². The first kappa shape index (κ1) is 20.0. The molecule has 4 rings (SSSR count). The molecule has 1 aromatic heterocycles. The van der Waals surface area contributed by atoms with Crippen LogP contribution in [0.3, 0.4) is 0 Å². The fourth-order valence-corrected chi connectivity index (χ4v) is 4.16. The summed E-state index contributed by atoms with van der Waals surface area (Å²) in [6.45, 7) is 0.638. The van der Waals surface area contributed by atoms with E-state index in [1.54, 1.807) is 0 Å². The molecule has 2 aliphatic rings. The van der Waals surface area contributed by atoms with Crippen molar-refractivity contribution in [1.82, 2.24) is 20.2 Å². The number of benzene rings is 1. The Morgan fingerprint density at radius 2 is 2.11 bits per heavy atom. The number of rotatable bonds is 3. The maximum atomic E-state index is 6.45. The minimum Gasteiger partial charge on any atom is -0.487 e. The predicted molar refractivity (Wildman–Crippen MR) is 118 cm³/mol. The first-order valence-corrected chi connectivity index (χ1v) is 9.40. The topological polar surface area (TPSA) is 63.5 Å². The minimum absolute atomic E-state index is 0. The maximum absolute atomic E-state index is 6.45. The number of nitrogens with one attached hydrogen (secondary N) is 2. The molecular formula is C20H28IN5O. The molecule has 1 atom stereocenters. The van der Waals surface area contributed by atoms with Crippen LogP contribution in [-0.2, 0) is 13.6 Å². The number of guanidine groups is 1. The zero-order valence-electron chi connectivity index (χ0n) is 15.9. The fourth-order valence-electron chi connectivity index (χ4n) is 4.16. The Labute approximate surface area is 177 Å². The summed E-state index contributed by atoms with van der Waals surface area (Å²) in [5.74, 6) is 2.79. The van der Waals surface area contributed by atoms with Crippen molar-refractivity contribution in [1.29, 1.82) is 0 Å². The molecule has 0 radical (unpaired) electrons. The maximum Gasteiger partial charge on any atom is 0.191 e. The van der Waals surface area contributed by atoms with E-state index < -0.39 is 0 Å². The van der Waals surface area contributed by atoms with Crippen LogP contribution in [-0.4, -0.2) is 28.2 Å². The molecule has 2 aromatic rings. The van der Waals surface area contributed by atoms with Gasteiger partial charge in [0.2, 0.25) is 0 Å². The molecule has 146 valence electrons. The van der Waals surface area contributed by atoms with Crippen LogP contribution in [0.25, 0.3) is 0 Å². The summed E-state index contributed by atoms with van der Waals surface area (Å²) in [6.07, 6.45) is 9.52. The summed E-state index contributed by atoms with van der Waals surface area (Å²) in [7, 11) is 3.81. The Kier molecular flexibility index (Phi) is 6.29. The number of ether oxygens (including phenoxy) is 1. The van der Waals surface area contributed by atoms with Gasteiger partial charge in [0, 0.05) is 38.5 Å². The number of para-hydroxylation sites is 1. The molecule has 1 unspecified atom stereocenters. The van der Waals surface area contributed by atoms with E-state index in [0.29, 0.717) is 6.54 Å². The number of hydrogen-bond acceptors (Lipinski definition) is 3. The number of aliphatic imine (C=N–C) groups is 1. The zero-order valence-corrected chi connectivity index (χ0v) is 18.3. The van der Waals surface area contributed by atoms with Crippen LogP contribution in [0, 0.1) is 0 Å². The van der Waals surface area contributed by atoms with Crippen molar-refractivity contribution >= 4 is 29.9 Å². The van der Waals surface area contributed by atoms with Gasteiger partial charge in [-0.3, -0.25) is 4.99 Å². The highest BCUT2D eigenvalue weighted by Crippen LogP contribution is 2.46. The van der Waals surface area contributed by atoms with Gasteiger partial charge in [-0.15, -0.1) is 24.0 Å². The van der Waals surface area contributed by atoms with Crippen molar-refractivity contribution in [3.05, 3.63) is 48.0 Å². The SMILES string of the molecule is CN=C(NCc1nccn1C)NC1CC2(CCCC2)Oc2ccccc21.I. The molecule has 0 bridgehead atoms. The van der Waals surface area contributed by atoms with Gasteiger partial charge in [-0.2, -0.15) is 0 Å². The lowest BCUT2D eigenvalue weighted by Gasteiger charge is -2.40. The van der Waals surface area contributed by atoms with E-state index in [0.717, 1.165) is 36.8 Å². The number of aromatic nitrogens is 2. The average molecular weight is 481 g/mol. The van der Waals surface area contributed by atoms with Crippen LogP contribution in [0.4, 0.5) is 0 Å². The van der Waals surface area contributed by atoms with Crippen molar-refractivity contribution < 1.29 is 4.74 Å². The van der Waals surface area contributed by atoms with Gasteiger partial charge in [0.15, 0.2) is 5.96 Å². The van der Waals surface area contributed by atoms with E-state index in [1.807, 2.05) is 31.1 Å². The molecule has 2 N–H and O–H groups in total. The van der Waals surface area contributed by atoms with Gasteiger partial charge in [-0.1, -0.05) is 18.2 Å². The zero-order chi connectivity index (χ0) is 18.0. The van der Waals surface area contributed by atoms with Gasteiger partial charge in [-0.05, 0) is 31.7 Å². The summed E-state index contributed by atoms with van der Waals surface area (Å²) in [4.78, 5) is 8.78. The molecule has 1 spiro atoms. The van der Waals surface area contributed by atoms with E-state index >= 15 is 0 Å². The molecule has 2 heterocycles.